The normalized spacial score (nSPS) is 18.9. The van der Waals surface area contributed by atoms with Gasteiger partial charge in [-0.15, -0.1) is 0 Å². The summed E-state index contributed by atoms with van der Waals surface area (Å²) in [5, 5.41) is 4.85. The average molecular weight is 381 g/mol. The lowest BCUT2D eigenvalue weighted by atomic mass is 10.0. The number of rotatable bonds is 7. The molecule has 1 aromatic carbocycles. The lowest BCUT2D eigenvalue weighted by Crippen LogP contribution is -2.70. The molecule has 1 aliphatic heterocycles. The first kappa shape index (κ1) is 19.8. The number of β-lactam (4-membered cyclic amide) rings is 1. The van der Waals surface area contributed by atoms with Crippen molar-refractivity contribution in [3.63, 3.8) is 0 Å². The molecule has 1 unspecified atom stereocenters. The number of carbonyl (C=O) groups is 4. The van der Waals surface area contributed by atoms with Crippen LogP contribution in [0.3, 0.4) is 0 Å². The van der Waals surface area contributed by atoms with Gasteiger partial charge in [0.2, 0.25) is 12.2 Å². The van der Waals surface area contributed by atoms with E-state index in [0.29, 0.717) is 0 Å². The Morgan fingerprint density at radius 3 is 2.52 bits per heavy atom. The van der Waals surface area contributed by atoms with Gasteiger partial charge in [0.1, 0.15) is 19.3 Å². The highest BCUT2D eigenvalue weighted by atomic mass is 16.8. The van der Waals surface area contributed by atoms with Gasteiger partial charge in [-0.2, -0.15) is 0 Å². The van der Waals surface area contributed by atoms with Crippen LogP contribution in [-0.4, -0.2) is 49.2 Å². The molecule has 146 valence electrons. The van der Waals surface area contributed by atoms with Crippen molar-refractivity contribution in [2.45, 2.75) is 31.9 Å². The predicted octanol–water partition coefficient (Wildman–Crippen LogP) is 0.374. The smallest absolute Gasteiger partial charge is 0.445 e. The number of nitrogens with two attached hydrogens (primary N) is 1. The molecule has 3 amide bonds. The van der Waals surface area contributed by atoms with Crippen LogP contribution in [0.15, 0.2) is 30.3 Å². The Labute approximate surface area is 154 Å². The first-order valence-electron chi connectivity index (χ1n) is 7.92. The zero-order chi connectivity index (χ0) is 19.8. The number of benzene rings is 1. The second-order valence-corrected chi connectivity index (χ2v) is 5.48. The van der Waals surface area contributed by atoms with Crippen LogP contribution in [0.1, 0.15) is 12.5 Å². The molecule has 11 nitrogen and oxygen atoms in total. The Hall–Kier alpha value is -3.50. The van der Waals surface area contributed by atoms with Gasteiger partial charge in [-0.05, 0) is 5.56 Å². The molecule has 0 radical (unpaired) electrons. The summed E-state index contributed by atoms with van der Waals surface area (Å²) in [6.45, 7) is 1.05. The van der Waals surface area contributed by atoms with Gasteiger partial charge in [0.15, 0.2) is 0 Å². The third kappa shape index (κ3) is 6.38. The van der Waals surface area contributed by atoms with Crippen LogP contribution >= 0.6 is 0 Å². The van der Waals surface area contributed by atoms with E-state index in [1.165, 1.54) is 6.92 Å². The molecule has 3 atom stereocenters. The molecule has 1 fully saturated rings. The van der Waals surface area contributed by atoms with E-state index in [2.05, 4.69) is 20.1 Å². The summed E-state index contributed by atoms with van der Waals surface area (Å²) in [4.78, 5) is 45.3. The lowest BCUT2D eigenvalue weighted by Gasteiger charge is -2.36. The van der Waals surface area contributed by atoms with Gasteiger partial charge in [0.25, 0.3) is 0 Å². The summed E-state index contributed by atoms with van der Waals surface area (Å²) in [7, 11) is 0. The quantitative estimate of drug-likeness (QED) is 0.265. The molecule has 1 heterocycles. The highest BCUT2D eigenvalue weighted by Gasteiger charge is 2.41. The fourth-order valence-electron chi connectivity index (χ4n) is 2.15. The minimum Gasteiger partial charge on any atom is -0.445 e. The number of primary amides is 1. The second-order valence-electron chi connectivity index (χ2n) is 5.48. The first-order valence-corrected chi connectivity index (χ1v) is 7.92. The largest absolute Gasteiger partial charge is 0.511 e. The van der Waals surface area contributed by atoms with Crippen molar-refractivity contribution in [2.75, 3.05) is 6.61 Å². The van der Waals surface area contributed by atoms with Gasteiger partial charge in [-0.1, -0.05) is 30.3 Å². The molecular formula is C16H19N3O8. The van der Waals surface area contributed by atoms with Crippen LogP contribution in [0.4, 0.5) is 14.4 Å². The topological polar surface area (TPSA) is 155 Å². The van der Waals surface area contributed by atoms with E-state index in [0.717, 1.165) is 5.56 Å². The first-order chi connectivity index (χ1) is 12.8. The molecule has 1 aromatic rings. The fraction of sp³-hybridized carbons (Fsp3) is 0.375. The molecule has 0 spiro atoms. The summed E-state index contributed by atoms with van der Waals surface area (Å²) < 4.78 is 18.8. The summed E-state index contributed by atoms with van der Waals surface area (Å²) in [6, 6.07) is 7.44. The number of alkyl carbamates (subject to hydrolysis) is 1. The predicted molar refractivity (Wildman–Crippen MR) is 88.0 cm³/mol. The molecule has 27 heavy (non-hydrogen) atoms. The van der Waals surface area contributed by atoms with Crippen LogP contribution in [-0.2, 0) is 30.3 Å². The van der Waals surface area contributed by atoms with Gasteiger partial charge in [0, 0.05) is 6.92 Å². The van der Waals surface area contributed by atoms with E-state index >= 15 is 0 Å². The maximum Gasteiger partial charge on any atom is 0.511 e. The van der Waals surface area contributed by atoms with Crippen LogP contribution in [0.5, 0.6) is 0 Å². The van der Waals surface area contributed by atoms with Gasteiger partial charge in [0.05, 0.1) is 6.04 Å². The summed E-state index contributed by atoms with van der Waals surface area (Å²) in [5.74, 6) is -0.445. The summed E-state index contributed by atoms with van der Waals surface area (Å²) >= 11 is 0. The third-order valence-electron chi connectivity index (χ3n) is 3.42. The van der Waals surface area contributed by atoms with Gasteiger partial charge in [-0.25, -0.2) is 14.4 Å². The molecule has 0 aromatic heterocycles. The highest BCUT2D eigenvalue weighted by Crippen LogP contribution is 2.09. The van der Waals surface area contributed by atoms with Crippen molar-refractivity contribution in [1.82, 2.24) is 10.6 Å². The molecular weight excluding hydrogens is 362 g/mol. The molecule has 0 saturated carbocycles. The minimum absolute atomic E-state index is 0.0479. The molecule has 2 rings (SSSR count). The zero-order valence-corrected chi connectivity index (χ0v) is 14.4. The fourth-order valence-corrected chi connectivity index (χ4v) is 2.15. The molecule has 0 aliphatic carbocycles. The molecule has 1 saturated heterocycles. The standard InChI is InChI=1S/C16H19N3O8/c1-9(26-14(17)21)27-16(23)25-8-11-12(13(20)18-11)19-15(22)24-7-10-5-3-2-4-6-10/h2-6,9,11-12H,7-8H2,1H3,(H2,17,21)(H,18,20)(H,19,22)/t9?,11-,12+/m0/s1. The van der Waals surface area contributed by atoms with E-state index in [9.17, 15) is 19.2 Å². The zero-order valence-electron chi connectivity index (χ0n) is 14.4. The van der Waals surface area contributed by atoms with Gasteiger partial charge < -0.3 is 35.3 Å². The van der Waals surface area contributed by atoms with Crippen LogP contribution in [0, 0.1) is 0 Å². The maximum absolute atomic E-state index is 11.8. The van der Waals surface area contributed by atoms with E-state index in [4.69, 9.17) is 15.2 Å². The van der Waals surface area contributed by atoms with Crippen molar-refractivity contribution in [3.05, 3.63) is 35.9 Å². The molecule has 1 aliphatic rings. The Kier molecular flexibility index (Phi) is 6.80. The molecule has 4 N–H and O–H groups in total. The molecule has 0 bridgehead atoms. The number of hydrogen-bond acceptors (Lipinski definition) is 8. The summed E-state index contributed by atoms with van der Waals surface area (Å²) in [5.41, 5.74) is 5.56. The number of hydrogen-bond donors (Lipinski definition) is 3. The Morgan fingerprint density at radius 2 is 1.89 bits per heavy atom. The second kappa shape index (κ2) is 9.27. The third-order valence-corrected chi connectivity index (χ3v) is 3.42. The summed E-state index contributed by atoms with van der Waals surface area (Å²) in [6.07, 6.45) is -4.25. The lowest BCUT2D eigenvalue weighted by molar-refractivity contribution is -0.133. The van der Waals surface area contributed by atoms with E-state index < -0.39 is 42.6 Å². The van der Waals surface area contributed by atoms with Crippen LogP contribution in [0.25, 0.3) is 0 Å². The van der Waals surface area contributed by atoms with Crippen LogP contribution in [0.2, 0.25) is 0 Å². The van der Waals surface area contributed by atoms with Crippen molar-refractivity contribution in [2.24, 2.45) is 5.73 Å². The number of carbonyl (C=O) groups excluding carboxylic acids is 4. The van der Waals surface area contributed by atoms with Crippen LogP contribution < -0.4 is 16.4 Å². The molecule has 11 heteroatoms. The Balaban J connectivity index is 1.70. The van der Waals surface area contributed by atoms with Crippen molar-refractivity contribution < 1.29 is 38.1 Å². The average Bonchev–Trinajstić information content (AvgIpc) is 2.61. The monoisotopic (exact) mass is 381 g/mol. The maximum atomic E-state index is 11.8. The van der Waals surface area contributed by atoms with Crippen molar-refractivity contribution in [3.8, 4) is 0 Å². The van der Waals surface area contributed by atoms with Gasteiger partial charge in [-0.3, -0.25) is 4.79 Å². The number of amides is 3. The van der Waals surface area contributed by atoms with E-state index in [-0.39, 0.29) is 13.2 Å². The minimum atomic E-state index is -1.23. The number of nitrogens with one attached hydrogen (secondary N) is 2. The van der Waals surface area contributed by atoms with E-state index in [1.54, 1.807) is 24.3 Å². The SMILES string of the molecule is CC(OC(N)=O)OC(=O)OC[C@@H]1NC(=O)[C@@H]1NC(=O)OCc1ccccc1. The highest BCUT2D eigenvalue weighted by molar-refractivity contribution is 5.92. The number of ether oxygens (including phenoxy) is 4. The van der Waals surface area contributed by atoms with E-state index in [1.807, 2.05) is 6.07 Å². The Morgan fingerprint density at radius 1 is 1.19 bits per heavy atom. The van der Waals surface area contributed by atoms with Gasteiger partial charge >= 0.3 is 18.3 Å². The van der Waals surface area contributed by atoms with Crippen molar-refractivity contribution >= 4 is 24.2 Å². The van der Waals surface area contributed by atoms with Crippen molar-refractivity contribution in [1.29, 1.82) is 0 Å². The Bertz CT molecular complexity index is 696.